The van der Waals surface area contributed by atoms with Crippen molar-refractivity contribution in [3.05, 3.63) is 84.2 Å². The van der Waals surface area contributed by atoms with Gasteiger partial charge in [0.15, 0.2) is 5.96 Å². The topological polar surface area (TPSA) is 127 Å². The molecule has 0 bridgehead atoms. The quantitative estimate of drug-likeness (QED) is 0.385. The first-order valence-corrected chi connectivity index (χ1v) is 11.1. The van der Waals surface area contributed by atoms with Crippen LogP contribution in [0.5, 0.6) is 0 Å². The summed E-state index contributed by atoms with van der Waals surface area (Å²) in [5.74, 6) is 0.00384. The summed E-state index contributed by atoms with van der Waals surface area (Å²) in [7, 11) is -3.69. The molecule has 8 nitrogen and oxygen atoms in total. The van der Waals surface area contributed by atoms with Crippen LogP contribution in [-0.4, -0.2) is 31.8 Å². The lowest BCUT2D eigenvalue weighted by Crippen LogP contribution is -2.22. The lowest BCUT2D eigenvalue weighted by molar-refractivity contribution is 0.0955. The number of nitrogens with two attached hydrogens (primary N) is 1. The molecule has 0 atom stereocenters. The lowest BCUT2D eigenvalue weighted by atomic mass is 10.2. The van der Waals surface area contributed by atoms with Crippen molar-refractivity contribution in [1.29, 1.82) is 0 Å². The number of guanidine groups is 1. The summed E-state index contributed by atoms with van der Waals surface area (Å²) in [6.07, 6.45) is 3.28. The number of rotatable bonds is 7. The Labute approximate surface area is 181 Å². The third-order valence-corrected chi connectivity index (χ3v) is 6.17. The number of benzene rings is 2. The molecule has 0 aliphatic rings. The van der Waals surface area contributed by atoms with E-state index in [1.165, 1.54) is 36.4 Å². The maximum absolute atomic E-state index is 12.9. The predicted octanol–water partition coefficient (Wildman–Crippen LogP) is 2.59. The van der Waals surface area contributed by atoms with Crippen LogP contribution in [0.2, 0.25) is 0 Å². The number of pyridine rings is 1. The molecule has 0 fully saturated rings. The van der Waals surface area contributed by atoms with Gasteiger partial charge < -0.3 is 16.4 Å². The smallest absolute Gasteiger partial charge is 0.251 e. The van der Waals surface area contributed by atoms with Gasteiger partial charge in [-0.05, 0) is 61.0 Å². The molecular formula is C22H23N5O3S. The van der Waals surface area contributed by atoms with Crippen LogP contribution in [0.3, 0.4) is 0 Å². The van der Waals surface area contributed by atoms with Crippen LogP contribution in [0.1, 0.15) is 22.8 Å². The molecule has 0 aliphatic carbocycles. The molecule has 0 saturated carbocycles. The Morgan fingerprint density at radius 2 is 1.55 bits per heavy atom. The van der Waals surface area contributed by atoms with Gasteiger partial charge in [-0.15, -0.1) is 0 Å². The van der Waals surface area contributed by atoms with Crippen molar-refractivity contribution in [1.82, 2.24) is 10.3 Å². The maximum atomic E-state index is 12.9. The van der Waals surface area contributed by atoms with Crippen LogP contribution in [0.25, 0.3) is 0 Å². The Bertz CT molecular complexity index is 1160. The number of carbonyl (C=O) groups excluding carboxylic acids is 1. The van der Waals surface area contributed by atoms with E-state index < -0.39 is 9.84 Å². The zero-order chi connectivity index (χ0) is 22.3. The Morgan fingerprint density at radius 1 is 0.968 bits per heavy atom. The first kappa shape index (κ1) is 22.0. The third kappa shape index (κ3) is 5.67. The van der Waals surface area contributed by atoms with E-state index in [1.807, 2.05) is 6.92 Å². The first-order chi connectivity index (χ1) is 14.9. The minimum atomic E-state index is -3.69. The second-order valence-corrected chi connectivity index (χ2v) is 8.54. The summed E-state index contributed by atoms with van der Waals surface area (Å²) >= 11 is 0. The van der Waals surface area contributed by atoms with E-state index in [0.29, 0.717) is 18.7 Å². The van der Waals surface area contributed by atoms with Crippen LogP contribution < -0.4 is 16.4 Å². The molecule has 0 saturated heterocycles. The highest BCUT2D eigenvalue weighted by Crippen LogP contribution is 2.22. The van der Waals surface area contributed by atoms with Crippen molar-refractivity contribution in [3.63, 3.8) is 0 Å². The number of aliphatic imine (C=N–C) groups is 1. The molecule has 1 amide bonds. The molecule has 1 heterocycles. The zero-order valence-corrected chi connectivity index (χ0v) is 17.8. The summed E-state index contributed by atoms with van der Waals surface area (Å²) in [6, 6.07) is 15.9. The second kappa shape index (κ2) is 9.86. The number of nitrogens with zero attached hydrogens (tertiary/aromatic N) is 2. The highest BCUT2D eigenvalue weighted by Gasteiger charge is 2.18. The Balaban J connectivity index is 1.68. The van der Waals surface area contributed by atoms with Gasteiger partial charge in [-0.1, -0.05) is 12.1 Å². The molecule has 9 heteroatoms. The molecular weight excluding hydrogens is 414 g/mol. The van der Waals surface area contributed by atoms with Gasteiger partial charge in [0.1, 0.15) is 0 Å². The number of sulfone groups is 1. The monoisotopic (exact) mass is 437 g/mol. The van der Waals surface area contributed by atoms with E-state index in [1.54, 1.807) is 36.7 Å². The van der Waals surface area contributed by atoms with E-state index in [4.69, 9.17) is 5.73 Å². The van der Waals surface area contributed by atoms with E-state index in [0.717, 1.165) is 11.3 Å². The number of anilines is 1. The molecule has 160 valence electrons. The summed E-state index contributed by atoms with van der Waals surface area (Å²) in [4.78, 5) is 20.3. The standard InChI is InChI=1S/C22H23N5O3S/c1-2-25-21(28)17-5-9-20(10-6-17)31(29,30)19-7-3-16(4-8-19)15-26-22(23)27-18-11-13-24-14-12-18/h3-14H,2,15H2,1H3,(H,25,28)(H3,23,24,26,27). The lowest BCUT2D eigenvalue weighted by Gasteiger charge is -2.08. The van der Waals surface area contributed by atoms with Crippen molar-refractivity contribution < 1.29 is 13.2 Å². The average molecular weight is 438 g/mol. The number of nitrogens with one attached hydrogen (secondary N) is 2. The minimum Gasteiger partial charge on any atom is -0.370 e. The molecule has 0 aliphatic heterocycles. The van der Waals surface area contributed by atoms with Gasteiger partial charge >= 0.3 is 0 Å². The fraction of sp³-hybridized carbons (Fsp3) is 0.136. The van der Waals surface area contributed by atoms with E-state index in [2.05, 4.69) is 20.6 Å². The van der Waals surface area contributed by atoms with Crippen LogP contribution >= 0.6 is 0 Å². The Kier molecular flexibility index (Phi) is 6.99. The molecule has 2 aromatic carbocycles. The summed E-state index contributed by atoms with van der Waals surface area (Å²) < 4.78 is 25.7. The minimum absolute atomic E-state index is 0.122. The van der Waals surface area contributed by atoms with Crippen LogP contribution in [-0.2, 0) is 16.4 Å². The van der Waals surface area contributed by atoms with Crippen molar-refractivity contribution in [2.75, 3.05) is 11.9 Å². The SMILES string of the molecule is CCNC(=O)c1ccc(S(=O)(=O)c2ccc(CN=C(N)Nc3ccncc3)cc2)cc1. The van der Waals surface area contributed by atoms with Crippen LogP contribution in [0, 0.1) is 0 Å². The normalized spacial score (nSPS) is 11.7. The highest BCUT2D eigenvalue weighted by molar-refractivity contribution is 7.91. The summed E-state index contributed by atoms with van der Waals surface area (Å²) in [5.41, 5.74) is 7.87. The van der Waals surface area contributed by atoms with Gasteiger partial charge in [0.2, 0.25) is 9.84 Å². The largest absolute Gasteiger partial charge is 0.370 e. The van der Waals surface area contributed by atoms with Gasteiger partial charge in [0, 0.05) is 30.2 Å². The van der Waals surface area contributed by atoms with E-state index in [-0.39, 0.29) is 21.7 Å². The molecule has 0 spiro atoms. The molecule has 3 rings (SSSR count). The molecule has 4 N–H and O–H groups in total. The van der Waals surface area contributed by atoms with Gasteiger partial charge in [0.05, 0.1) is 16.3 Å². The summed E-state index contributed by atoms with van der Waals surface area (Å²) in [5, 5.41) is 5.63. The number of carbonyl (C=O) groups is 1. The molecule has 31 heavy (non-hydrogen) atoms. The third-order valence-electron chi connectivity index (χ3n) is 4.38. The molecule has 0 radical (unpaired) electrons. The Morgan fingerprint density at radius 3 is 2.13 bits per heavy atom. The van der Waals surface area contributed by atoms with E-state index in [9.17, 15) is 13.2 Å². The summed E-state index contributed by atoms with van der Waals surface area (Å²) in [6.45, 7) is 2.61. The van der Waals surface area contributed by atoms with Crippen LogP contribution in [0.4, 0.5) is 5.69 Å². The fourth-order valence-corrected chi connectivity index (χ4v) is 4.02. The fourth-order valence-electron chi connectivity index (χ4n) is 2.76. The van der Waals surface area contributed by atoms with Crippen molar-refractivity contribution in [2.24, 2.45) is 10.7 Å². The second-order valence-electron chi connectivity index (χ2n) is 6.59. The van der Waals surface area contributed by atoms with E-state index >= 15 is 0 Å². The number of amides is 1. The highest BCUT2D eigenvalue weighted by atomic mass is 32.2. The van der Waals surface area contributed by atoms with Gasteiger partial charge in [-0.3, -0.25) is 9.78 Å². The van der Waals surface area contributed by atoms with Crippen molar-refractivity contribution in [2.45, 2.75) is 23.3 Å². The van der Waals surface area contributed by atoms with Crippen LogP contribution in [0.15, 0.2) is 87.8 Å². The predicted molar refractivity (Wildman–Crippen MR) is 120 cm³/mol. The number of hydrogen-bond acceptors (Lipinski definition) is 5. The zero-order valence-electron chi connectivity index (χ0n) is 16.9. The number of aromatic nitrogens is 1. The molecule has 3 aromatic rings. The molecule has 1 aromatic heterocycles. The van der Waals surface area contributed by atoms with Gasteiger partial charge in [0.25, 0.3) is 5.91 Å². The first-order valence-electron chi connectivity index (χ1n) is 9.59. The average Bonchev–Trinajstić information content (AvgIpc) is 2.79. The van der Waals surface area contributed by atoms with Gasteiger partial charge in [-0.25, -0.2) is 13.4 Å². The van der Waals surface area contributed by atoms with Gasteiger partial charge in [-0.2, -0.15) is 0 Å². The maximum Gasteiger partial charge on any atom is 0.251 e. The Hall–Kier alpha value is -3.72. The van der Waals surface area contributed by atoms with Crippen molar-refractivity contribution in [3.8, 4) is 0 Å². The molecule has 0 unspecified atom stereocenters. The number of hydrogen-bond donors (Lipinski definition) is 3. The van der Waals surface area contributed by atoms with Crippen molar-refractivity contribution >= 4 is 27.4 Å².